The zero-order valence-electron chi connectivity index (χ0n) is 10.5. The molecule has 0 amide bonds. The zero-order chi connectivity index (χ0) is 12.1. The van der Waals surface area contributed by atoms with Crippen molar-refractivity contribution >= 4 is 28.2 Å². The van der Waals surface area contributed by atoms with E-state index in [-0.39, 0.29) is 0 Å². The van der Waals surface area contributed by atoms with E-state index in [0.29, 0.717) is 0 Å². The third-order valence-corrected chi connectivity index (χ3v) is 5.17. The molecule has 1 aromatic rings. The van der Waals surface area contributed by atoms with Crippen molar-refractivity contribution in [2.24, 2.45) is 0 Å². The second-order valence-electron chi connectivity index (χ2n) is 4.53. The van der Waals surface area contributed by atoms with E-state index in [0.717, 1.165) is 21.3 Å². The van der Waals surface area contributed by atoms with E-state index in [1.54, 1.807) is 11.3 Å². The highest BCUT2D eigenvalue weighted by Crippen LogP contribution is 2.27. The molecule has 0 aromatic carbocycles. The van der Waals surface area contributed by atoms with Gasteiger partial charge in [-0.3, -0.25) is 0 Å². The van der Waals surface area contributed by atoms with E-state index in [9.17, 15) is 0 Å². The molecule has 1 atom stereocenters. The zero-order valence-corrected chi connectivity index (χ0v) is 12.1. The van der Waals surface area contributed by atoms with Crippen molar-refractivity contribution in [2.45, 2.75) is 36.1 Å². The number of thioether (sulfide) groups is 1. The van der Waals surface area contributed by atoms with Crippen LogP contribution in [0.4, 0.5) is 5.13 Å². The fourth-order valence-corrected chi connectivity index (χ4v) is 3.73. The summed E-state index contributed by atoms with van der Waals surface area (Å²) in [5.74, 6) is 1.15. The summed E-state index contributed by atoms with van der Waals surface area (Å²) in [5.41, 5.74) is 0. The molecule has 0 aliphatic carbocycles. The second kappa shape index (κ2) is 6.56. The second-order valence-corrected chi connectivity index (χ2v) is 6.83. The molecule has 4 nitrogen and oxygen atoms in total. The molecule has 1 aliphatic rings. The van der Waals surface area contributed by atoms with Gasteiger partial charge in [0.05, 0.1) is 0 Å². The molecule has 1 aromatic heterocycles. The predicted molar refractivity (Wildman–Crippen MR) is 75.2 cm³/mol. The van der Waals surface area contributed by atoms with E-state index >= 15 is 0 Å². The van der Waals surface area contributed by atoms with Crippen LogP contribution in [0.25, 0.3) is 0 Å². The van der Waals surface area contributed by atoms with E-state index < -0.39 is 0 Å². The van der Waals surface area contributed by atoms with Crippen molar-refractivity contribution in [3.05, 3.63) is 0 Å². The maximum atomic E-state index is 4.18. The van der Waals surface area contributed by atoms with Gasteiger partial charge < -0.3 is 10.2 Å². The molecule has 1 fully saturated rings. The van der Waals surface area contributed by atoms with Crippen LogP contribution in [0.5, 0.6) is 0 Å². The number of hydrogen-bond acceptors (Lipinski definition) is 6. The number of nitrogens with zero attached hydrogens (tertiary/aromatic N) is 3. The summed E-state index contributed by atoms with van der Waals surface area (Å²) < 4.78 is 1.09. The van der Waals surface area contributed by atoms with Gasteiger partial charge >= 0.3 is 0 Å². The first kappa shape index (κ1) is 13.1. The normalized spacial score (nSPS) is 19.8. The van der Waals surface area contributed by atoms with Crippen LogP contribution in [0.3, 0.4) is 0 Å². The smallest absolute Gasteiger partial charge is 0.208 e. The Hall–Kier alpha value is -0.330. The van der Waals surface area contributed by atoms with Crippen molar-refractivity contribution in [2.75, 3.05) is 31.3 Å². The molecule has 2 heterocycles. The van der Waals surface area contributed by atoms with Gasteiger partial charge in [-0.15, -0.1) is 10.2 Å². The number of aromatic nitrogens is 2. The average Bonchev–Trinajstić information content (AvgIpc) is 2.96. The fourth-order valence-electron chi connectivity index (χ4n) is 1.93. The molecule has 96 valence electrons. The highest BCUT2D eigenvalue weighted by Gasteiger charge is 2.13. The molecule has 0 spiro atoms. The summed E-state index contributed by atoms with van der Waals surface area (Å²) in [7, 11) is 4.00. The summed E-state index contributed by atoms with van der Waals surface area (Å²) in [4.78, 5) is 2.00. The monoisotopic (exact) mass is 272 g/mol. The van der Waals surface area contributed by atoms with Gasteiger partial charge in [0.25, 0.3) is 0 Å². The molecular formula is C11H20N4S2. The first-order valence-corrected chi connectivity index (χ1v) is 7.93. The number of rotatable bonds is 6. The van der Waals surface area contributed by atoms with E-state index in [1.165, 1.54) is 32.2 Å². The highest BCUT2D eigenvalue weighted by molar-refractivity contribution is 8.01. The maximum Gasteiger partial charge on any atom is 0.208 e. The fraction of sp³-hybridized carbons (Fsp3) is 0.818. The van der Waals surface area contributed by atoms with Crippen molar-refractivity contribution < 1.29 is 0 Å². The lowest BCUT2D eigenvalue weighted by Crippen LogP contribution is -2.20. The lowest BCUT2D eigenvalue weighted by molar-refractivity contribution is 0.553. The number of hydrogen-bond donors (Lipinski definition) is 1. The molecule has 1 saturated heterocycles. The summed E-state index contributed by atoms with van der Waals surface area (Å²) in [6, 6.07) is 0.766. The molecule has 0 radical (unpaired) electrons. The summed E-state index contributed by atoms with van der Waals surface area (Å²) in [6.07, 6.45) is 5.26. The molecule has 1 N–H and O–H groups in total. The number of nitrogens with one attached hydrogen (secondary N) is 1. The first-order valence-electron chi connectivity index (χ1n) is 6.13. The lowest BCUT2D eigenvalue weighted by Gasteiger charge is -2.08. The Kier molecular flexibility index (Phi) is 5.06. The largest absolute Gasteiger partial charge is 0.353 e. The van der Waals surface area contributed by atoms with Gasteiger partial charge in [-0.2, -0.15) is 0 Å². The Bertz CT molecular complexity index is 334. The Balaban J connectivity index is 1.63. The van der Waals surface area contributed by atoms with Gasteiger partial charge in [-0.1, -0.05) is 23.1 Å². The van der Waals surface area contributed by atoms with E-state index in [4.69, 9.17) is 0 Å². The minimum absolute atomic E-state index is 0.766. The molecule has 1 aliphatic heterocycles. The Morgan fingerprint density at radius 1 is 1.47 bits per heavy atom. The van der Waals surface area contributed by atoms with Crippen molar-refractivity contribution in [1.82, 2.24) is 15.5 Å². The van der Waals surface area contributed by atoms with Gasteiger partial charge in [0.15, 0.2) is 4.34 Å². The summed E-state index contributed by atoms with van der Waals surface area (Å²) in [6.45, 7) is 1.21. The van der Waals surface area contributed by atoms with Gasteiger partial charge in [-0.25, -0.2) is 0 Å². The molecule has 0 bridgehead atoms. The SMILES string of the molecule is CN(C)c1nnc(SCCCC2CCCN2)s1. The van der Waals surface area contributed by atoms with E-state index in [2.05, 4.69) is 15.5 Å². The lowest BCUT2D eigenvalue weighted by atomic mass is 10.1. The summed E-state index contributed by atoms with van der Waals surface area (Å²) >= 11 is 3.51. The predicted octanol–water partition coefficient (Wildman–Crippen LogP) is 2.23. The third kappa shape index (κ3) is 4.12. The van der Waals surface area contributed by atoms with E-state index in [1.807, 2.05) is 30.8 Å². The minimum atomic E-state index is 0.766. The molecule has 2 rings (SSSR count). The Morgan fingerprint density at radius 3 is 3.00 bits per heavy atom. The van der Waals surface area contributed by atoms with Crippen LogP contribution in [0.1, 0.15) is 25.7 Å². The first-order chi connectivity index (χ1) is 8.25. The topological polar surface area (TPSA) is 41.1 Å². The van der Waals surface area contributed by atoms with Crippen molar-refractivity contribution in [1.29, 1.82) is 0 Å². The van der Waals surface area contributed by atoms with Crippen LogP contribution in [-0.4, -0.2) is 42.6 Å². The van der Waals surface area contributed by atoms with Crippen LogP contribution in [0.15, 0.2) is 4.34 Å². The van der Waals surface area contributed by atoms with Crippen LogP contribution in [0.2, 0.25) is 0 Å². The maximum absolute atomic E-state index is 4.18. The Labute approximate surface area is 111 Å². The Morgan fingerprint density at radius 2 is 2.35 bits per heavy atom. The van der Waals surface area contributed by atoms with Gasteiger partial charge in [0, 0.05) is 25.9 Å². The molecule has 6 heteroatoms. The number of anilines is 1. The van der Waals surface area contributed by atoms with Crippen molar-refractivity contribution in [3.8, 4) is 0 Å². The van der Waals surface area contributed by atoms with Crippen LogP contribution in [0, 0.1) is 0 Å². The molecule has 17 heavy (non-hydrogen) atoms. The summed E-state index contributed by atoms with van der Waals surface area (Å²) in [5, 5.41) is 12.8. The molecule has 1 unspecified atom stereocenters. The molecule has 0 saturated carbocycles. The third-order valence-electron chi connectivity index (χ3n) is 2.86. The van der Waals surface area contributed by atoms with Crippen LogP contribution >= 0.6 is 23.1 Å². The van der Waals surface area contributed by atoms with Crippen molar-refractivity contribution in [3.63, 3.8) is 0 Å². The quantitative estimate of drug-likeness (QED) is 0.635. The van der Waals surface area contributed by atoms with Crippen LogP contribution in [-0.2, 0) is 0 Å². The average molecular weight is 272 g/mol. The molecular weight excluding hydrogens is 252 g/mol. The van der Waals surface area contributed by atoms with Gasteiger partial charge in [0.1, 0.15) is 0 Å². The standard InChI is InChI=1S/C11H20N4S2/c1-15(2)10-13-14-11(17-10)16-8-4-6-9-5-3-7-12-9/h9,12H,3-8H2,1-2H3. The minimum Gasteiger partial charge on any atom is -0.353 e. The van der Waals surface area contributed by atoms with Gasteiger partial charge in [-0.05, 0) is 32.2 Å². The highest BCUT2D eigenvalue weighted by atomic mass is 32.2. The van der Waals surface area contributed by atoms with Crippen LogP contribution < -0.4 is 10.2 Å². The van der Waals surface area contributed by atoms with Gasteiger partial charge in [0.2, 0.25) is 5.13 Å².